The lowest BCUT2D eigenvalue weighted by atomic mass is 10.2. The Balaban J connectivity index is 1.70. The molecule has 0 unspecified atom stereocenters. The molecule has 9 heteroatoms. The van der Waals surface area contributed by atoms with Crippen molar-refractivity contribution in [3.05, 3.63) is 71.0 Å². The maximum absolute atomic E-state index is 12.5. The standard InChI is InChI=1S/C19H21N5O3S/c1-13-4-8-16(9-5-13)24-14(2)18(22-23-24)19(25)21-12-15-6-10-17(11-7-15)28(26,27)20-3/h4-11,20H,12H2,1-3H3,(H,21,25). The summed E-state index contributed by atoms with van der Waals surface area (Å²) in [5, 5.41) is 10.9. The van der Waals surface area contributed by atoms with Crippen LogP contribution in [0.2, 0.25) is 0 Å². The maximum Gasteiger partial charge on any atom is 0.274 e. The van der Waals surface area contributed by atoms with Gasteiger partial charge in [-0.2, -0.15) is 0 Å². The van der Waals surface area contributed by atoms with Crippen molar-refractivity contribution in [1.29, 1.82) is 0 Å². The van der Waals surface area contributed by atoms with Gasteiger partial charge in [-0.1, -0.05) is 35.0 Å². The number of amides is 1. The fourth-order valence-corrected chi connectivity index (χ4v) is 3.37. The minimum Gasteiger partial charge on any atom is -0.347 e. The van der Waals surface area contributed by atoms with Gasteiger partial charge in [-0.25, -0.2) is 17.8 Å². The van der Waals surface area contributed by atoms with Gasteiger partial charge in [-0.3, -0.25) is 4.79 Å². The van der Waals surface area contributed by atoms with Gasteiger partial charge in [0.25, 0.3) is 5.91 Å². The van der Waals surface area contributed by atoms with Crippen LogP contribution in [0.25, 0.3) is 5.69 Å². The number of hydrogen-bond donors (Lipinski definition) is 2. The number of carbonyl (C=O) groups is 1. The number of nitrogens with zero attached hydrogens (tertiary/aromatic N) is 3. The van der Waals surface area contributed by atoms with Gasteiger partial charge in [0.05, 0.1) is 16.3 Å². The largest absolute Gasteiger partial charge is 0.347 e. The smallest absolute Gasteiger partial charge is 0.274 e. The van der Waals surface area contributed by atoms with Gasteiger partial charge in [0, 0.05) is 6.54 Å². The van der Waals surface area contributed by atoms with Crippen molar-refractivity contribution in [3.63, 3.8) is 0 Å². The monoisotopic (exact) mass is 399 g/mol. The number of rotatable bonds is 6. The molecule has 0 radical (unpaired) electrons. The molecular formula is C19H21N5O3S. The Morgan fingerprint density at radius 1 is 1.04 bits per heavy atom. The highest BCUT2D eigenvalue weighted by molar-refractivity contribution is 7.89. The summed E-state index contributed by atoms with van der Waals surface area (Å²) < 4.78 is 27.4. The number of hydrogen-bond acceptors (Lipinski definition) is 5. The molecule has 1 heterocycles. The third-order valence-corrected chi connectivity index (χ3v) is 5.77. The Morgan fingerprint density at radius 3 is 2.29 bits per heavy atom. The van der Waals surface area contributed by atoms with Gasteiger partial charge in [-0.15, -0.1) is 5.10 Å². The maximum atomic E-state index is 12.5. The molecule has 146 valence electrons. The minimum atomic E-state index is -3.48. The van der Waals surface area contributed by atoms with E-state index in [0.717, 1.165) is 16.8 Å². The Labute approximate surface area is 163 Å². The fraction of sp³-hybridized carbons (Fsp3) is 0.211. The molecule has 1 aromatic heterocycles. The van der Waals surface area contributed by atoms with E-state index in [4.69, 9.17) is 0 Å². The average molecular weight is 399 g/mol. The molecule has 0 fully saturated rings. The van der Waals surface area contributed by atoms with Crippen molar-refractivity contribution >= 4 is 15.9 Å². The number of aryl methyl sites for hydroxylation is 1. The minimum absolute atomic E-state index is 0.168. The summed E-state index contributed by atoms with van der Waals surface area (Å²) >= 11 is 0. The highest BCUT2D eigenvalue weighted by Gasteiger charge is 2.17. The zero-order valence-corrected chi connectivity index (χ0v) is 16.6. The normalized spacial score (nSPS) is 11.4. The van der Waals surface area contributed by atoms with Crippen LogP contribution in [0.1, 0.15) is 27.3 Å². The summed E-state index contributed by atoms with van der Waals surface area (Å²) in [4.78, 5) is 12.6. The molecule has 2 N–H and O–H groups in total. The SMILES string of the molecule is CNS(=O)(=O)c1ccc(CNC(=O)c2nnn(-c3ccc(C)cc3)c2C)cc1. The quantitative estimate of drug-likeness (QED) is 0.657. The van der Waals surface area contributed by atoms with Crippen molar-refractivity contribution < 1.29 is 13.2 Å². The molecule has 2 aromatic carbocycles. The highest BCUT2D eigenvalue weighted by Crippen LogP contribution is 2.14. The molecular weight excluding hydrogens is 378 g/mol. The number of nitrogens with one attached hydrogen (secondary N) is 2. The molecule has 0 saturated carbocycles. The summed E-state index contributed by atoms with van der Waals surface area (Å²) in [6.07, 6.45) is 0. The van der Waals surface area contributed by atoms with Gasteiger partial charge >= 0.3 is 0 Å². The van der Waals surface area contributed by atoms with Crippen LogP contribution in [0.5, 0.6) is 0 Å². The van der Waals surface area contributed by atoms with Gasteiger partial charge < -0.3 is 5.32 Å². The van der Waals surface area contributed by atoms with E-state index >= 15 is 0 Å². The van der Waals surface area contributed by atoms with Crippen LogP contribution >= 0.6 is 0 Å². The summed E-state index contributed by atoms with van der Waals surface area (Å²) in [6, 6.07) is 14.1. The Kier molecular flexibility index (Phi) is 5.57. The summed E-state index contributed by atoms with van der Waals surface area (Å²) in [6.45, 7) is 4.03. The van der Waals surface area contributed by atoms with Crippen molar-refractivity contribution in [2.75, 3.05) is 7.05 Å². The van der Waals surface area contributed by atoms with E-state index in [2.05, 4.69) is 20.4 Å². The lowest BCUT2D eigenvalue weighted by molar-refractivity contribution is 0.0945. The first-order valence-electron chi connectivity index (χ1n) is 8.62. The summed E-state index contributed by atoms with van der Waals surface area (Å²) in [7, 11) is -2.12. The lowest BCUT2D eigenvalue weighted by Gasteiger charge is -2.07. The van der Waals surface area contributed by atoms with Crippen LogP contribution in [0.4, 0.5) is 0 Å². The summed E-state index contributed by atoms with van der Waals surface area (Å²) in [5.41, 5.74) is 3.61. The number of sulfonamides is 1. The fourth-order valence-electron chi connectivity index (χ4n) is 2.64. The molecule has 28 heavy (non-hydrogen) atoms. The van der Waals surface area contributed by atoms with Crippen LogP contribution in [-0.4, -0.2) is 36.4 Å². The molecule has 0 saturated heterocycles. The third kappa shape index (κ3) is 4.10. The average Bonchev–Trinajstić information content (AvgIpc) is 3.08. The highest BCUT2D eigenvalue weighted by atomic mass is 32.2. The van der Waals surface area contributed by atoms with E-state index in [-0.39, 0.29) is 23.0 Å². The molecule has 1 amide bonds. The second-order valence-electron chi connectivity index (χ2n) is 6.31. The first kappa shape index (κ1) is 19.7. The molecule has 8 nitrogen and oxygen atoms in total. The van der Waals surface area contributed by atoms with Crippen molar-refractivity contribution in [1.82, 2.24) is 25.0 Å². The van der Waals surface area contributed by atoms with Crippen LogP contribution < -0.4 is 10.0 Å². The van der Waals surface area contributed by atoms with E-state index in [1.807, 2.05) is 31.2 Å². The van der Waals surface area contributed by atoms with Gasteiger partial charge in [0.2, 0.25) is 10.0 Å². The van der Waals surface area contributed by atoms with E-state index in [1.165, 1.54) is 19.2 Å². The zero-order valence-electron chi connectivity index (χ0n) is 15.8. The van der Waals surface area contributed by atoms with Crippen LogP contribution in [-0.2, 0) is 16.6 Å². The topological polar surface area (TPSA) is 106 Å². The van der Waals surface area contributed by atoms with E-state index in [0.29, 0.717) is 5.69 Å². The van der Waals surface area contributed by atoms with E-state index in [1.54, 1.807) is 23.7 Å². The molecule has 0 aliphatic rings. The number of aromatic nitrogens is 3. The first-order chi connectivity index (χ1) is 13.3. The zero-order chi connectivity index (χ0) is 20.3. The Morgan fingerprint density at radius 2 is 1.68 bits per heavy atom. The Hall–Kier alpha value is -3.04. The molecule has 3 aromatic rings. The molecule has 0 spiro atoms. The van der Waals surface area contributed by atoms with Gasteiger partial charge in [0.1, 0.15) is 0 Å². The molecule has 0 aliphatic carbocycles. The van der Waals surface area contributed by atoms with Crippen LogP contribution in [0.15, 0.2) is 53.4 Å². The van der Waals surface area contributed by atoms with Gasteiger partial charge in [0.15, 0.2) is 5.69 Å². The molecule has 0 atom stereocenters. The Bertz CT molecular complexity index is 1090. The second-order valence-corrected chi connectivity index (χ2v) is 8.19. The van der Waals surface area contributed by atoms with Crippen molar-refractivity contribution in [3.8, 4) is 5.69 Å². The molecule has 0 bridgehead atoms. The predicted molar refractivity (Wildman–Crippen MR) is 105 cm³/mol. The van der Waals surface area contributed by atoms with E-state index in [9.17, 15) is 13.2 Å². The number of benzene rings is 2. The first-order valence-corrected chi connectivity index (χ1v) is 10.1. The molecule has 0 aliphatic heterocycles. The van der Waals surface area contributed by atoms with Crippen molar-refractivity contribution in [2.45, 2.75) is 25.3 Å². The van der Waals surface area contributed by atoms with Crippen molar-refractivity contribution in [2.24, 2.45) is 0 Å². The van der Waals surface area contributed by atoms with Gasteiger partial charge in [-0.05, 0) is 50.7 Å². The van der Waals surface area contributed by atoms with Crippen LogP contribution in [0, 0.1) is 13.8 Å². The second kappa shape index (κ2) is 7.91. The third-order valence-electron chi connectivity index (χ3n) is 4.34. The van der Waals surface area contributed by atoms with E-state index < -0.39 is 10.0 Å². The number of carbonyl (C=O) groups excluding carboxylic acids is 1. The predicted octanol–water partition coefficient (Wildman–Crippen LogP) is 1.72. The molecule has 3 rings (SSSR count). The summed E-state index contributed by atoms with van der Waals surface area (Å²) in [5.74, 6) is -0.345. The lowest BCUT2D eigenvalue weighted by Crippen LogP contribution is -2.24. The van der Waals surface area contributed by atoms with Crippen LogP contribution in [0.3, 0.4) is 0 Å².